The van der Waals surface area contributed by atoms with E-state index in [0.717, 1.165) is 21.3 Å². The maximum atomic E-state index is 12.9. The van der Waals surface area contributed by atoms with Gasteiger partial charge in [0.25, 0.3) is 11.8 Å². The number of rotatable bonds is 4. The van der Waals surface area contributed by atoms with Crippen LogP contribution in [-0.4, -0.2) is 46.0 Å². The number of hydrogen-bond donors (Lipinski definition) is 3. The molecular formula is C20H20ClN3O3S. The number of halogens is 1. The topological polar surface area (TPSA) is 85.4 Å². The highest BCUT2D eigenvalue weighted by Crippen LogP contribution is 2.36. The summed E-state index contributed by atoms with van der Waals surface area (Å²) in [5, 5.41) is 13.7. The Kier molecular flexibility index (Phi) is 4.91. The number of likely N-dealkylation sites (N-methyl/N-ethyl adjacent to an activating group) is 1. The number of aromatic nitrogens is 1. The Labute approximate surface area is 171 Å². The van der Waals surface area contributed by atoms with Gasteiger partial charge in [0.05, 0.1) is 16.4 Å². The minimum atomic E-state index is -1.10. The highest BCUT2D eigenvalue weighted by atomic mass is 35.5. The molecule has 28 heavy (non-hydrogen) atoms. The fourth-order valence-corrected chi connectivity index (χ4v) is 5.00. The van der Waals surface area contributed by atoms with Gasteiger partial charge in [0.15, 0.2) is 0 Å². The third-order valence-corrected chi connectivity index (χ3v) is 6.35. The number of aliphatic hydroxyl groups is 1. The Hall–Kier alpha value is -2.35. The molecule has 2 heterocycles. The van der Waals surface area contributed by atoms with Crippen molar-refractivity contribution in [1.82, 2.24) is 15.2 Å². The van der Waals surface area contributed by atoms with Gasteiger partial charge in [-0.2, -0.15) is 0 Å². The van der Waals surface area contributed by atoms with Crippen LogP contribution in [0.25, 0.3) is 10.2 Å². The lowest BCUT2D eigenvalue weighted by Gasteiger charge is -2.31. The van der Waals surface area contributed by atoms with Crippen LogP contribution < -0.4 is 5.32 Å². The van der Waals surface area contributed by atoms with Crippen LogP contribution in [0.3, 0.4) is 0 Å². The van der Waals surface area contributed by atoms with Gasteiger partial charge in [0, 0.05) is 12.4 Å². The van der Waals surface area contributed by atoms with Gasteiger partial charge in [-0.3, -0.25) is 9.59 Å². The third-order valence-electron chi connectivity index (χ3n) is 5.16. The van der Waals surface area contributed by atoms with Crippen molar-refractivity contribution in [2.45, 2.75) is 31.5 Å². The molecule has 0 saturated heterocycles. The monoisotopic (exact) mass is 417 g/mol. The van der Waals surface area contributed by atoms with Gasteiger partial charge in [0.1, 0.15) is 16.6 Å². The minimum absolute atomic E-state index is 0.236. The number of nitrogens with zero attached hydrogens (tertiary/aromatic N) is 1. The first kappa shape index (κ1) is 19.0. The lowest BCUT2D eigenvalue weighted by Crippen LogP contribution is -2.47. The van der Waals surface area contributed by atoms with Crippen LogP contribution in [0, 0.1) is 0 Å². The van der Waals surface area contributed by atoms with E-state index < -0.39 is 6.10 Å². The normalized spacial score (nSPS) is 19.4. The Morgan fingerprint density at radius 1 is 1.36 bits per heavy atom. The standard InChI is InChI=1S/C20H20ClN3O3S/c1-10(25)20(27)24(2)17-13-6-4-3-5-11(13)7-14(17)22-18(26)15-8-12-9-16(21)28-19(12)23-15/h3-6,8-10,14,17,23,25H,7H2,1-2H3,(H,22,26)/t10-,14-,17+/m1/s1. The molecule has 0 fully saturated rings. The number of benzene rings is 1. The Morgan fingerprint density at radius 2 is 2.11 bits per heavy atom. The number of carbonyl (C=O) groups is 2. The third kappa shape index (κ3) is 3.30. The molecule has 1 aliphatic carbocycles. The van der Waals surface area contributed by atoms with Crippen molar-refractivity contribution >= 4 is 45.0 Å². The number of carbonyl (C=O) groups excluding carboxylic acids is 2. The molecule has 3 aromatic rings. The van der Waals surface area contributed by atoms with Crippen LogP contribution in [0.1, 0.15) is 34.6 Å². The quantitative estimate of drug-likeness (QED) is 0.609. The Bertz CT molecular complexity index is 1030. The van der Waals surface area contributed by atoms with Crippen LogP contribution in [0.4, 0.5) is 0 Å². The molecule has 0 spiro atoms. The van der Waals surface area contributed by atoms with Crippen molar-refractivity contribution in [2.75, 3.05) is 7.05 Å². The molecule has 6 nitrogen and oxygen atoms in total. The highest BCUT2D eigenvalue weighted by molar-refractivity contribution is 7.22. The number of fused-ring (bicyclic) bond motifs is 2. The maximum absolute atomic E-state index is 12.9. The van der Waals surface area contributed by atoms with E-state index in [4.69, 9.17) is 11.6 Å². The lowest BCUT2D eigenvalue weighted by atomic mass is 10.0. The van der Waals surface area contributed by atoms with E-state index in [1.807, 2.05) is 30.3 Å². The molecule has 4 rings (SSSR count). The van der Waals surface area contributed by atoms with E-state index in [1.165, 1.54) is 23.2 Å². The van der Waals surface area contributed by atoms with E-state index in [-0.39, 0.29) is 23.9 Å². The van der Waals surface area contributed by atoms with Crippen LogP contribution in [0.5, 0.6) is 0 Å². The van der Waals surface area contributed by atoms with E-state index >= 15 is 0 Å². The van der Waals surface area contributed by atoms with Gasteiger partial charge in [-0.15, -0.1) is 11.3 Å². The van der Waals surface area contributed by atoms with Crippen molar-refractivity contribution in [3.8, 4) is 0 Å². The molecule has 8 heteroatoms. The van der Waals surface area contributed by atoms with Crippen molar-refractivity contribution in [3.63, 3.8) is 0 Å². The van der Waals surface area contributed by atoms with Gasteiger partial charge in [0.2, 0.25) is 0 Å². The van der Waals surface area contributed by atoms with Gasteiger partial charge in [-0.25, -0.2) is 0 Å². The average Bonchev–Trinajstić information content (AvgIpc) is 3.30. The van der Waals surface area contributed by atoms with Gasteiger partial charge >= 0.3 is 0 Å². The van der Waals surface area contributed by atoms with Crippen molar-refractivity contribution in [2.24, 2.45) is 0 Å². The second-order valence-electron chi connectivity index (χ2n) is 7.07. The zero-order valence-electron chi connectivity index (χ0n) is 15.4. The molecule has 0 aliphatic heterocycles. The molecule has 3 atom stereocenters. The smallest absolute Gasteiger partial charge is 0.268 e. The Balaban J connectivity index is 1.60. The maximum Gasteiger partial charge on any atom is 0.268 e. The predicted molar refractivity (Wildman–Crippen MR) is 110 cm³/mol. The number of aliphatic hydroxyl groups excluding tert-OH is 1. The molecule has 3 N–H and O–H groups in total. The average molecular weight is 418 g/mol. The predicted octanol–water partition coefficient (Wildman–Crippen LogP) is 3.12. The van der Waals surface area contributed by atoms with E-state index in [0.29, 0.717) is 16.5 Å². The molecule has 1 aromatic carbocycles. The van der Waals surface area contributed by atoms with Crippen LogP contribution >= 0.6 is 22.9 Å². The summed E-state index contributed by atoms with van der Waals surface area (Å²) in [6.07, 6.45) is -0.487. The molecule has 0 saturated carbocycles. The lowest BCUT2D eigenvalue weighted by molar-refractivity contribution is -0.140. The number of amides is 2. The zero-order chi connectivity index (χ0) is 20.0. The van der Waals surface area contributed by atoms with Crippen molar-refractivity contribution < 1.29 is 14.7 Å². The molecule has 0 radical (unpaired) electrons. The second-order valence-corrected chi connectivity index (χ2v) is 8.75. The molecular weight excluding hydrogens is 398 g/mol. The summed E-state index contributed by atoms with van der Waals surface area (Å²) in [7, 11) is 1.66. The summed E-state index contributed by atoms with van der Waals surface area (Å²) < 4.78 is 0.665. The summed E-state index contributed by atoms with van der Waals surface area (Å²) >= 11 is 7.38. The Morgan fingerprint density at radius 3 is 2.82 bits per heavy atom. The SMILES string of the molecule is C[C@@H](O)C(=O)N(C)[C@H]1c2ccccc2C[C@H]1NC(=O)c1cc2cc(Cl)sc2[nH]1. The second kappa shape index (κ2) is 7.24. The first-order chi connectivity index (χ1) is 13.3. The highest BCUT2D eigenvalue weighted by Gasteiger charge is 2.38. The number of H-pyrrole nitrogens is 1. The summed E-state index contributed by atoms with van der Waals surface area (Å²) in [6, 6.07) is 10.8. The zero-order valence-corrected chi connectivity index (χ0v) is 17.0. The van der Waals surface area contributed by atoms with Crippen molar-refractivity contribution in [3.05, 3.63) is 57.6 Å². The fourth-order valence-electron chi connectivity index (χ4n) is 3.88. The molecule has 2 aromatic heterocycles. The van der Waals surface area contributed by atoms with Gasteiger partial charge in [-0.1, -0.05) is 35.9 Å². The number of nitrogens with one attached hydrogen (secondary N) is 2. The van der Waals surface area contributed by atoms with Gasteiger partial charge < -0.3 is 20.3 Å². The van der Waals surface area contributed by atoms with Crippen LogP contribution in [0.15, 0.2) is 36.4 Å². The number of thiophene rings is 1. The number of hydrogen-bond acceptors (Lipinski definition) is 4. The summed E-state index contributed by atoms with van der Waals surface area (Å²) in [4.78, 5) is 30.7. The molecule has 0 unspecified atom stereocenters. The van der Waals surface area contributed by atoms with E-state index in [9.17, 15) is 14.7 Å². The largest absolute Gasteiger partial charge is 0.384 e. The summed E-state index contributed by atoms with van der Waals surface area (Å²) in [5.41, 5.74) is 2.53. The molecule has 1 aliphatic rings. The first-order valence-corrected chi connectivity index (χ1v) is 10.2. The molecule has 2 amide bonds. The summed E-state index contributed by atoms with van der Waals surface area (Å²) in [6.45, 7) is 1.45. The number of aromatic amines is 1. The summed E-state index contributed by atoms with van der Waals surface area (Å²) in [5.74, 6) is -0.615. The van der Waals surface area contributed by atoms with Crippen LogP contribution in [0.2, 0.25) is 4.34 Å². The van der Waals surface area contributed by atoms with E-state index in [2.05, 4.69) is 10.3 Å². The van der Waals surface area contributed by atoms with Crippen LogP contribution in [-0.2, 0) is 11.2 Å². The van der Waals surface area contributed by atoms with E-state index in [1.54, 1.807) is 13.1 Å². The van der Waals surface area contributed by atoms with Gasteiger partial charge in [-0.05, 0) is 36.6 Å². The first-order valence-electron chi connectivity index (χ1n) is 8.96. The minimum Gasteiger partial charge on any atom is -0.384 e. The molecule has 146 valence electrons. The van der Waals surface area contributed by atoms with Crippen molar-refractivity contribution in [1.29, 1.82) is 0 Å². The molecule has 0 bridgehead atoms. The fraction of sp³-hybridized carbons (Fsp3) is 0.300.